The van der Waals surface area contributed by atoms with E-state index in [2.05, 4.69) is 26.6 Å². The number of rotatable bonds is 2. The van der Waals surface area contributed by atoms with E-state index in [0.717, 1.165) is 21.5 Å². The monoisotopic (exact) mass is 417 g/mol. The molecule has 0 aliphatic carbocycles. The van der Waals surface area contributed by atoms with E-state index >= 15 is 0 Å². The van der Waals surface area contributed by atoms with E-state index in [1.807, 2.05) is 59.2 Å². The molecule has 3 aromatic rings. The first-order valence-corrected chi connectivity index (χ1v) is 9.29. The summed E-state index contributed by atoms with van der Waals surface area (Å²) in [7, 11) is 0. The fraction of sp³-hybridized carbons (Fsp3) is 0.0588. The Balaban J connectivity index is 1.80. The second-order valence-corrected chi connectivity index (χ2v) is 7.88. The number of hydrogen-bond acceptors (Lipinski definition) is 4. The van der Waals surface area contributed by atoms with Crippen LogP contribution in [0.5, 0.6) is 0 Å². The molecule has 120 valence electrons. The number of hydrogen-bond donors (Lipinski definition) is 2. The predicted octanol–water partition coefficient (Wildman–Crippen LogP) is 4.88. The molecular formula is C17H12BrN3OS2. The number of benzene rings is 2. The highest BCUT2D eigenvalue weighted by molar-refractivity contribution is 9.10. The van der Waals surface area contributed by atoms with Crippen LogP contribution in [0.3, 0.4) is 0 Å². The summed E-state index contributed by atoms with van der Waals surface area (Å²) in [6.07, 6.45) is -0.294. The van der Waals surface area contributed by atoms with Crippen LogP contribution in [0.2, 0.25) is 0 Å². The molecule has 1 amide bonds. The molecule has 1 aromatic heterocycles. The molecule has 24 heavy (non-hydrogen) atoms. The van der Waals surface area contributed by atoms with Crippen molar-refractivity contribution in [1.82, 2.24) is 9.88 Å². The SMILES string of the molecule is O=C1NC(c2ccc(Br)cc2)Nc2c1sc(=S)n2-c1ccccc1. The van der Waals surface area contributed by atoms with Crippen molar-refractivity contribution >= 4 is 51.2 Å². The highest BCUT2D eigenvalue weighted by atomic mass is 79.9. The number of carbonyl (C=O) groups is 1. The van der Waals surface area contributed by atoms with Gasteiger partial charge in [0.2, 0.25) is 0 Å². The maximum Gasteiger partial charge on any atom is 0.267 e. The van der Waals surface area contributed by atoms with Gasteiger partial charge in [0.25, 0.3) is 5.91 Å². The normalized spacial score (nSPS) is 16.2. The first-order chi connectivity index (χ1) is 11.6. The topological polar surface area (TPSA) is 46.1 Å². The summed E-state index contributed by atoms with van der Waals surface area (Å²) in [4.78, 5) is 13.1. The fourth-order valence-electron chi connectivity index (χ4n) is 2.66. The number of fused-ring (bicyclic) bond motifs is 1. The third-order valence-corrected chi connectivity index (χ3v) is 5.69. The van der Waals surface area contributed by atoms with Gasteiger partial charge in [-0.25, -0.2) is 0 Å². The van der Waals surface area contributed by atoms with Crippen molar-refractivity contribution in [3.63, 3.8) is 0 Å². The molecule has 2 heterocycles. The molecule has 0 bridgehead atoms. The number of aromatic nitrogens is 1. The molecule has 0 spiro atoms. The van der Waals surface area contributed by atoms with Crippen LogP contribution in [0.4, 0.5) is 5.82 Å². The molecule has 0 radical (unpaired) electrons. The van der Waals surface area contributed by atoms with Gasteiger partial charge in [-0.1, -0.05) is 57.6 Å². The van der Waals surface area contributed by atoms with Crippen molar-refractivity contribution in [3.05, 3.63) is 73.5 Å². The first kappa shape index (κ1) is 15.6. The summed E-state index contributed by atoms with van der Waals surface area (Å²) in [6.45, 7) is 0. The van der Waals surface area contributed by atoms with Gasteiger partial charge in [-0.15, -0.1) is 0 Å². The Bertz CT molecular complexity index is 964. The second-order valence-electron chi connectivity index (χ2n) is 5.32. The lowest BCUT2D eigenvalue weighted by molar-refractivity contribution is 0.0939. The Labute approximate surface area is 156 Å². The van der Waals surface area contributed by atoms with E-state index in [1.165, 1.54) is 11.3 Å². The molecular weight excluding hydrogens is 406 g/mol. The van der Waals surface area contributed by atoms with E-state index in [1.54, 1.807) is 0 Å². The number of halogens is 1. The van der Waals surface area contributed by atoms with Crippen molar-refractivity contribution in [2.24, 2.45) is 0 Å². The molecule has 1 atom stereocenters. The molecule has 0 saturated carbocycles. The maximum absolute atomic E-state index is 12.5. The van der Waals surface area contributed by atoms with Crippen LogP contribution < -0.4 is 10.6 Å². The number of amides is 1. The van der Waals surface area contributed by atoms with Gasteiger partial charge in [0, 0.05) is 10.2 Å². The van der Waals surface area contributed by atoms with Crippen molar-refractivity contribution in [2.75, 3.05) is 5.32 Å². The van der Waals surface area contributed by atoms with Gasteiger partial charge in [-0.3, -0.25) is 9.36 Å². The predicted molar refractivity (Wildman–Crippen MR) is 102 cm³/mol. The summed E-state index contributed by atoms with van der Waals surface area (Å²) >= 11 is 10.2. The van der Waals surface area contributed by atoms with Gasteiger partial charge in [0.15, 0.2) is 3.95 Å². The third-order valence-electron chi connectivity index (χ3n) is 3.79. The molecule has 2 aromatic carbocycles. The van der Waals surface area contributed by atoms with Gasteiger partial charge in [-0.05, 0) is 42.0 Å². The fourth-order valence-corrected chi connectivity index (χ4v) is 4.23. The van der Waals surface area contributed by atoms with Gasteiger partial charge < -0.3 is 10.6 Å². The highest BCUT2D eigenvalue weighted by Crippen LogP contribution is 2.34. The Hall–Kier alpha value is -1.96. The number of carbonyl (C=O) groups excluding carboxylic acids is 1. The molecule has 1 unspecified atom stereocenters. The summed E-state index contributed by atoms with van der Waals surface area (Å²) in [5, 5.41) is 6.40. The van der Waals surface area contributed by atoms with E-state index in [-0.39, 0.29) is 12.1 Å². The number of thiazole rings is 1. The highest BCUT2D eigenvalue weighted by Gasteiger charge is 2.29. The van der Waals surface area contributed by atoms with Gasteiger partial charge in [0.05, 0.1) is 0 Å². The minimum Gasteiger partial charge on any atom is -0.346 e. The van der Waals surface area contributed by atoms with Crippen LogP contribution in [0.1, 0.15) is 21.4 Å². The lowest BCUT2D eigenvalue weighted by Crippen LogP contribution is -2.38. The van der Waals surface area contributed by atoms with Gasteiger partial charge in [0.1, 0.15) is 16.9 Å². The Morgan fingerprint density at radius 2 is 1.75 bits per heavy atom. The molecule has 4 rings (SSSR count). The Morgan fingerprint density at radius 3 is 2.46 bits per heavy atom. The zero-order chi connectivity index (χ0) is 16.7. The Morgan fingerprint density at radius 1 is 1.04 bits per heavy atom. The van der Waals surface area contributed by atoms with E-state index < -0.39 is 0 Å². The summed E-state index contributed by atoms with van der Waals surface area (Å²) in [5.74, 6) is 0.635. The zero-order valence-electron chi connectivity index (χ0n) is 12.3. The summed E-state index contributed by atoms with van der Waals surface area (Å²) in [5.41, 5.74) is 1.92. The second kappa shape index (κ2) is 6.16. The lowest BCUT2D eigenvalue weighted by atomic mass is 10.1. The van der Waals surface area contributed by atoms with Crippen LogP contribution in [0.25, 0.3) is 5.69 Å². The van der Waals surface area contributed by atoms with Crippen LogP contribution >= 0.6 is 39.5 Å². The first-order valence-electron chi connectivity index (χ1n) is 7.27. The van der Waals surface area contributed by atoms with Crippen molar-refractivity contribution < 1.29 is 4.79 Å². The van der Waals surface area contributed by atoms with Crippen LogP contribution in [-0.2, 0) is 0 Å². The molecule has 7 heteroatoms. The molecule has 2 N–H and O–H groups in total. The van der Waals surface area contributed by atoms with Gasteiger partial charge in [-0.2, -0.15) is 0 Å². The number of anilines is 1. The zero-order valence-corrected chi connectivity index (χ0v) is 15.5. The minimum absolute atomic E-state index is 0.109. The van der Waals surface area contributed by atoms with Crippen molar-refractivity contribution in [2.45, 2.75) is 6.17 Å². The molecule has 0 fully saturated rings. The van der Waals surface area contributed by atoms with E-state index in [9.17, 15) is 4.79 Å². The molecule has 1 aliphatic rings. The summed E-state index contributed by atoms with van der Waals surface area (Å²) < 4.78 is 3.56. The van der Waals surface area contributed by atoms with Crippen LogP contribution in [-0.4, -0.2) is 10.5 Å². The maximum atomic E-state index is 12.5. The van der Waals surface area contributed by atoms with E-state index in [0.29, 0.717) is 8.83 Å². The number of nitrogens with zero attached hydrogens (tertiary/aromatic N) is 1. The lowest BCUT2D eigenvalue weighted by Gasteiger charge is -2.27. The van der Waals surface area contributed by atoms with E-state index in [4.69, 9.17) is 12.2 Å². The third kappa shape index (κ3) is 2.68. The minimum atomic E-state index is -0.294. The Kier molecular flexibility index (Phi) is 3.99. The average Bonchev–Trinajstić information content (AvgIpc) is 2.93. The number of para-hydroxylation sites is 1. The smallest absolute Gasteiger partial charge is 0.267 e. The summed E-state index contributed by atoms with van der Waals surface area (Å²) in [6, 6.07) is 17.7. The molecule has 0 saturated heterocycles. The number of nitrogens with one attached hydrogen (secondary N) is 2. The quantitative estimate of drug-likeness (QED) is 0.583. The van der Waals surface area contributed by atoms with Crippen molar-refractivity contribution in [1.29, 1.82) is 0 Å². The van der Waals surface area contributed by atoms with Crippen LogP contribution in [0.15, 0.2) is 59.1 Å². The largest absolute Gasteiger partial charge is 0.346 e. The molecule has 4 nitrogen and oxygen atoms in total. The van der Waals surface area contributed by atoms with Crippen LogP contribution in [0, 0.1) is 3.95 Å². The average molecular weight is 418 g/mol. The van der Waals surface area contributed by atoms with Gasteiger partial charge >= 0.3 is 0 Å². The standard InChI is InChI=1S/C17H12BrN3OS2/c18-11-8-6-10(7-9-11)14-19-15-13(16(22)20-14)24-17(23)21(15)12-4-2-1-3-5-12/h1-9,14,19H,(H,20,22). The molecule has 1 aliphatic heterocycles. The van der Waals surface area contributed by atoms with Crippen molar-refractivity contribution in [3.8, 4) is 5.69 Å².